The predicted octanol–water partition coefficient (Wildman–Crippen LogP) is 3.25. The third kappa shape index (κ3) is 4.30. The molecule has 0 aromatic heterocycles. The summed E-state index contributed by atoms with van der Waals surface area (Å²) in [6.07, 6.45) is 3.62. The average Bonchev–Trinajstić information content (AvgIpc) is 3.09. The smallest absolute Gasteiger partial charge is 0.146 e. The second kappa shape index (κ2) is 5.85. The normalized spacial score (nSPS) is 14.9. The maximum Gasteiger partial charge on any atom is 0.146 e. The van der Waals surface area contributed by atoms with Gasteiger partial charge >= 0.3 is 0 Å². The molecule has 1 N–H and O–H groups in total. The summed E-state index contributed by atoms with van der Waals surface area (Å²) < 4.78 is 0. The van der Waals surface area contributed by atoms with Crippen LogP contribution < -0.4 is 5.32 Å². The number of carbonyl (C=O) groups excluding carboxylic acids is 1. The first-order valence-corrected chi connectivity index (χ1v) is 6.60. The van der Waals surface area contributed by atoms with E-state index in [1.54, 1.807) is 12.1 Å². The van der Waals surface area contributed by atoms with Crippen molar-refractivity contribution in [3.63, 3.8) is 0 Å². The van der Waals surface area contributed by atoms with Crippen LogP contribution in [0.25, 0.3) is 0 Å². The van der Waals surface area contributed by atoms with Crippen molar-refractivity contribution in [2.24, 2.45) is 0 Å². The molecule has 0 spiro atoms. The van der Waals surface area contributed by atoms with Crippen molar-refractivity contribution in [3.05, 3.63) is 33.8 Å². The van der Waals surface area contributed by atoms with Gasteiger partial charge in [-0.2, -0.15) is 0 Å². The van der Waals surface area contributed by atoms with Crippen molar-refractivity contribution in [2.75, 3.05) is 6.54 Å². The topological polar surface area (TPSA) is 29.1 Å². The number of hydrogen-bond donors (Lipinski definition) is 1. The molecule has 0 amide bonds. The molecular formula is C13H15Cl2NO. The van der Waals surface area contributed by atoms with E-state index in [0.717, 1.165) is 5.56 Å². The summed E-state index contributed by atoms with van der Waals surface area (Å²) in [4.78, 5) is 11.6. The van der Waals surface area contributed by atoms with Crippen LogP contribution in [0.3, 0.4) is 0 Å². The fourth-order valence-corrected chi connectivity index (χ4v) is 2.14. The molecule has 1 fully saturated rings. The lowest BCUT2D eigenvalue weighted by Gasteiger charge is -2.05. The summed E-state index contributed by atoms with van der Waals surface area (Å²) in [5.41, 5.74) is 0.982. The zero-order valence-corrected chi connectivity index (χ0v) is 11.0. The van der Waals surface area contributed by atoms with Crippen LogP contribution >= 0.6 is 23.2 Å². The lowest BCUT2D eigenvalue weighted by molar-refractivity contribution is -0.118. The van der Waals surface area contributed by atoms with Gasteiger partial charge in [0.05, 0.1) is 6.54 Å². The van der Waals surface area contributed by atoms with Crippen molar-refractivity contribution in [1.82, 2.24) is 5.32 Å². The molecule has 0 bridgehead atoms. The number of carbonyl (C=O) groups is 1. The van der Waals surface area contributed by atoms with Crippen molar-refractivity contribution >= 4 is 29.0 Å². The van der Waals surface area contributed by atoms with Crippen LogP contribution in [-0.2, 0) is 11.2 Å². The zero-order chi connectivity index (χ0) is 12.3. The summed E-state index contributed by atoms with van der Waals surface area (Å²) in [6, 6.07) is 5.98. The molecule has 0 aliphatic heterocycles. The van der Waals surface area contributed by atoms with Crippen LogP contribution in [0, 0.1) is 0 Å². The second-order valence-corrected chi connectivity index (χ2v) is 5.27. The SMILES string of the molecule is O=C(CCc1ccc(Cl)cc1Cl)CNC1CC1. The molecular weight excluding hydrogens is 257 g/mol. The molecule has 92 valence electrons. The van der Waals surface area contributed by atoms with Gasteiger partial charge in [0.2, 0.25) is 0 Å². The Morgan fingerprint density at radius 1 is 1.35 bits per heavy atom. The van der Waals surface area contributed by atoms with E-state index in [2.05, 4.69) is 5.32 Å². The standard InChI is InChI=1S/C13H15Cl2NO/c14-10-3-1-9(13(15)7-10)2-6-12(17)8-16-11-4-5-11/h1,3,7,11,16H,2,4-6,8H2. The van der Waals surface area contributed by atoms with E-state index in [9.17, 15) is 4.79 Å². The molecule has 2 rings (SSSR count). The van der Waals surface area contributed by atoms with Crippen molar-refractivity contribution in [3.8, 4) is 0 Å². The van der Waals surface area contributed by atoms with Crippen molar-refractivity contribution in [1.29, 1.82) is 0 Å². The molecule has 0 heterocycles. The maximum atomic E-state index is 11.6. The van der Waals surface area contributed by atoms with E-state index in [0.29, 0.717) is 35.5 Å². The van der Waals surface area contributed by atoms with Gasteiger partial charge < -0.3 is 5.32 Å². The van der Waals surface area contributed by atoms with E-state index in [1.165, 1.54) is 12.8 Å². The largest absolute Gasteiger partial charge is 0.307 e. The summed E-state index contributed by atoms with van der Waals surface area (Å²) in [5.74, 6) is 0.239. The molecule has 0 atom stereocenters. The fraction of sp³-hybridized carbons (Fsp3) is 0.462. The number of Topliss-reactive ketones (excluding diaryl/α,β-unsaturated/α-hetero) is 1. The maximum absolute atomic E-state index is 11.6. The summed E-state index contributed by atoms with van der Waals surface area (Å²) in [6.45, 7) is 0.482. The van der Waals surface area contributed by atoms with E-state index >= 15 is 0 Å². The van der Waals surface area contributed by atoms with Gasteiger partial charge in [-0.15, -0.1) is 0 Å². The third-order valence-corrected chi connectivity index (χ3v) is 3.44. The molecule has 0 radical (unpaired) electrons. The van der Waals surface area contributed by atoms with Gasteiger partial charge in [0.15, 0.2) is 0 Å². The Morgan fingerprint density at radius 3 is 2.76 bits per heavy atom. The first kappa shape index (κ1) is 12.9. The van der Waals surface area contributed by atoms with Gasteiger partial charge in [0.1, 0.15) is 5.78 Å². The number of benzene rings is 1. The van der Waals surface area contributed by atoms with Crippen LogP contribution in [0.15, 0.2) is 18.2 Å². The third-order valence-electron chi connectivity index (χ3n) is 2.85. The molecule has 4 heteroatoms. The van der Waals surface area contributed by atoms with Crippen LogP contribution in [-0.4, -0.2) is 18.4 Å². The highest BCUT2D eigenvalue weighted by atomic mass is 35.5. The highest BCUT2D eigenvalue weighted by molar-refractivity contribution is 6.35. The number of hydrogen-bond acceptors (Lipinski definition) is 2. The van der Waals surface area contributed by atoms with Gasteiger partial charge in [-0.05, 0) is 37.0 Å². The van der Waals surface area contributed by atoms with Crippen molar-refractivity contribution < 1.29 is 4.79 Å². The zero-order valence-electron chi connectivity index (χ0n) is 9.51. The Labute approximate surface area is 111 Å². The molecule has 1 aromatic carbocycles. The summed E-state index contributed by atoms with van der Waals surface area (Å²) in [5, 5.41) is 4.48. The van der Waals surface area contributed by atoms with E-state index < -0.39 is 0 Å². The number of aryl methyl sites for hydroxylation is 1. The Hall–Kier alpha value is -0.570. The molecule has 1 saturated carbocycles. The molecule has 1 aliphatic rings. The summed E-state index contributed by atoms with van der Waals surface area (Å²) >= 11 is 11.8. The van der Waals surface area contributed by atoms with Gasteiger partial charge in [0.25, 0.3) is 0 Å². The lowest BCUT2D eigenvalue weighted by atomic mass is 10.1. The molecule has 1 aliphatic carbocycles. The van der Waals surface area contributed by atoms with Crippen LogP contribution in [0.5, 0.6) is 0 Å². The van der Waals surface area contributed by atoms with Gasteiger partial charge in [-0.3, -0.25) is 4.79 Å². The summed E-state index contributed by atoms with van der Waals surface area (Å²) in [7, 11) is 0. The molecule has 2 nitrogen and oxygen atoms in total. The number of rotatable bonds is 6. The van der Waals surface area contributed by atoms with Crippen LogP contribution in [0.2, 0.25) is 10.0 Å². The number of ketones is 1. The lowest BCUT2D eigenvalue weighted by Crippen LogP contribution is -2.24. The Bertz CT molecular complexity index is 416. The van der Waals surface area contributed by atoms with Crippen LogP contribution in [0.4, 0.5) is 0 Å². The quantitative estimate of drug-likeness (QED) is 0.861. The van der Waals surface area contributed by atoms with E-state index in [-0.39, 0.29) is 5.78 Å². The molecule has 17 heavy (non-hydrogen) atoms. The second-order valence-electron chi connectivity index (χ2n) is 4.43. The highest BCUT2D eigenvalue weighted by Gasteiger charge is 2.20. The van der Waals surface area contributed by atoms with E-state index in [1.807, 2.05) is 6.07 Å². The molecule has 1 aromatic rings. The fourth-order valence-electron chi connectivity index (χ4n) is 1.63. The van der Waals surface area contributed by atoms with Gasteiger partial charge in [-0.25, -0.2) is 0 Å². The Kier molecular flexibility index (Phi) is 4.43. The van der Waals surface area contributed by atoms with Gasteiger partial charge in [-0.1, -0.05) is 29.3 Å². The first-order chi connectivity index (χ1) is 8.15. The predicted molar refractivity (Wildman–Crippen MR) is 70.8 cm³/mol. The average molecular weight is 272 g/mol. The monoisotopic (exact) mass is 271 g/mol. The first-order valence-electron chi connectivity index (χ1n) is 5.84. The minimum absolute atomic E-state index is 0.239. The Morgan fingerprint density at radius 2 is 2.12 bits per heavy atom. The minimum atomic E-state index is 0.239. The molecule has 0 saturated heterocycles. The Balaban J connectivity index is 1.77. The van der Waals surface area contributed by atoms with Gasteiger partial charge in [0, 0.05) is 22.5 Å². The number of halogens is 2. The minimum Gasteiger partial charge on any atom is -0.307 e. The molecule has 0 unspecified atom stereocenters. The highest BCUT2D eigenvalue weighted by Crippen LogP contribution is 2.22. The number of nitrogens with one attached hydrogen (secondary N) is 1. The van der Waals surface area contributed by atoms with Crippen molar-refractivity contribution in [2.45, 2.75) is 31.7 Å². The van der Waals surface area contributed by atoms with E-state index in [4.69, 9.17) is 23.2 Å². The van der Waals surface area contributed by atoms with Crippen LogP contribution in [0.1, 0.15) is 24.8 Å².